The highest BCUT2D eigenvalue weighted by molar-refractivity contribution is 7.98. The number of nitrogens with two attached hydrogens (primary N) is 2. The number of carbonyl (C=O) groups is 8. The Morgan fingerprint density at radius 1 is 0.614 bits per heavy atom. The Balaban J connectivity index is 0. The first-order valence-corrected chi connectivity index (χ1v) is 13.9. The van der Waals surface area contributed by atoms with Gasteiger partial charge in [0.2, 0.25) is 23.6 Å². The maximum atomic E-state index is 11.7. The van der Waals surface area contributed by atoms with Crippen LogP contribution in [-0.2, 0) is 38.4 Å². The van der Waals surface area contributed by atoms with Gasteiger partial charge >= 0.3 is 23.9 Å². The Morgan fingerprint density at radius 2 is 0.932 bits per heavy atom. The van der Waals surface area contributed by atoms with E-state index in [4.69, 9.17) is 31.9 Å². The molecule has 12 N–H and O–H groups in total. The van der Waals surface area contributed by atoms with E-state index in [1.165, 1.54) is 0 Å². The Labute approximate surface area is 256 Å². The molecule has 0 spiro atoms. The molecule has 0 saturated heterocycles. The molecule has 0 saturated carbocycles. The molecule has 4 atom stereocenters. The minimum atomic E-state index is -1.27. The Morgan fingerprint density at radius 3 is 1.18 bits per heavy atom. The molecule has 0 heterocycles. The van der Waals surface area contributed by atoms with E-state index < -0.39 is 84.8 Å². The number of carboxylic acids is 4. The van der Waals surface area contributed by atoms with Crippen molar-refractivity contribution in [1.29, 1.82) is 0 Å². The van der Waals surface area contributed by atoms with Gasteiger partial charge in [0, 0.05) is 57.4 Å². The van der Waals surface area contributed by atoms with Crippen LogP contribution in [-0.4, -0.2) is 117 Å². The van der Waals surface area contributed by atoms with E-state index in [1.807, 2.05) is 0 Å². The molecule has 0 rings (SSSR count). The molecule has 4 unspecified atom stereocenters. The first kappa shape index (κ1) is 41.7. The second kappa shape index (κ2) is 24.1. The highest BCUT2D eigenvalue weighted by Gasteiger charge is 2.24. The molecular weight excluding hydrogens is 640 g/mol. The Hall–Kier alpha value is -4.42. The lowest BCUT2D eigenvalue weighted by molar-refractivity contribution is -0.140. The number of aliphatic carboxylic acids is 4. The molecule has 44 heavy (non-hydrogen) atoms. The molecule has 0 aromatic carbocycles. The second-order valence-electron chi connectivity index (χ2n) is 8.17. The first-order valence-electron chi connectivity index (χ1n) is 12.0. The molecule has 0 aromatic heterocycles. The third-order valence-electron chi connectivity index (χ3n) is 4.72. The minimum absolute atomic E-state index is 0.135. The highest BCUT2D eigenvalue weighted by atomic mass is 32.2. The summed E-state index contributed by atoms with van der Waals surface area (Å²) in [6.45, 7) is -1.29. The molecule has 22 nitrogen and oxygen atoms in total. The van der Waals surface area contributed by atoms with Crippen molar-refractivity contribution in [3.05, 3.63) is 9.81 Å². The van der Waals surface area contributed by atoms with Gasteiger partial charge in [-0.15, -0.1) is 9.81 Å². The van der Waals surface area contributed by atoms with Gasteiger partial charge in [0.15, 0.2) is 0 Å². The lowest BCUT2D eigenvalue weighted by Gasteiger charge is -2.16. The summed E-state index contributed by atoms with van der Waals surface area (Å²) >= 11 is 0.955. The van der Waals surface area contributed by atoms with Crippen LogP contribution in [0.1, 0.15) is 25.7 Å². The molecule has 0 aliphatic rings. The lowest BCUT2D eigenvalue weighted by atomic mass is 10.1. The zero-order valence-electron chi connectivity index (χ0n) is 22.7. The van der Waals surface area contributed by atoms with E-state index in [0.717, 1.165) is 0 Å². The van der Waals surface area contributed by atoms with Crippen LogP contribution in [0.2, 0.25) is 0 Å². The fourth-order valence-electron chi connectivity index (χ4n) is 2.50. The molecule has 0 fully saturated rings. The van der Waals surface area contributed by atoms with Crippen molar-refractivity contribution in [1.82, 2.24) is 21.3 Å². The molecule has 0 aliphatic carbocycles. The number of hydrogen-bond acceptors (Lipinski definition) is 16. The number of amides is 4. The minimum Gasteiger partial charge on any atom is -0.480 e. The number of hydrogen-bond donors (Lipinski definition) is 10. The van der Waals surface area contributed by atoms with Crippen molar-refractivity contribution in [2.24, 2.45) is 20.6 Å². The Bertz CT molecular complexity index is 970. The third-order valence-corrected chi connectivity index (χ3v) is 5.89. The quantitative estimate of drug-likeness (QED) is 0.0395. The average molecular weight is 673 g/mol. The smallest absolute Gasteiger partial charge is 0.322 e. The largest absolute Gasteiger partial charge is 0.480 e. The SMILES string of the molecule is NC(CCC(=O)NC(CSN=O)C(=O)NCC(=O)O)C(=O)O.NC(CCC(=O)NC(CSN=O)C(=O)NCC(=O)O)C(=O)O. The maximum Gasteiger partial charge on any atom is 0.322 e. The van der Waals surface area contributed by atoms with E-state index >= 15 is 0 Å². The molecule has 24 heteroatoms. The molecule has 0 radical (unpaired) electrons. The van der Waals surface area contributed by atoms with Gasteiger partial charge in [0.1, 0.15) is 37.3 Å². The van der Waals surface area contributed by atoms with Crippen molar-refractivity contribution < 1.29 is 58.8 Å². The van der Waals surface area contributed by atoms with Gasteiger partial charge in [-0.2, -0.15) is 0 Å². The number of nitrogens with one attached hydrogen (secondary N) is 4. The van der Waals surface area contributed by atoms with Crippen LogP contribution in [0.4, 0.5) is 0 Å². The van der Waals surface area contributed by atoms with Gasteiger partial charge < -0.3 is 53.2 Å². The van der Waals surface area contributed by atoms with Crippen molar-refractivity contribution in [2.45, 2.75) is 49.9 Å². The monoisotopic (exact) mass is 672 g/mol. The van der Waals surface area contributed by atoms with E-state index in [0.29, 0.717) is 23.9 Å². The van der Waals surface area contributed by atoms with E-state index in [1.54, 1.807) is 0 Å². The average Bonchev–Trinajstić information content (AvgIpc) is 2.96. The molecular formula is C20H32N8O14S2. The summed E-state index contributed by atoms with van der Waals surface area (Å²) in [6, 6.07) is -4.77. The molecule has 0 bridgehead atoms. The number of nitroso groups, excluding NO2 is 2. The van der Waals surface area contributed by atoms with Gasteiger partial charge in [-0.1, -0.05) is 0 Å². The van der Waals surface area contributed by atoms with E-state index in [-0.39, 0.29) is 37.2 Å². The van der Waals surface area contributed by atoms with Crippen LogP contribution >= 0.6 is 23.9 Å². The molecule has 0 aromatic rings. The Kier molecular flexibility index (Phi) is 22.8. The first-order chi connectivity index (χ1) is 20.5. The fourth-order valence-corrected chi connectivity index (χ4v) is 3.39. The standard InChI is InChI=1S/2C10H16N4O7S/c2*11-5(10(19)20)1-2-7(15)13-6(4-22-14-21)9(18)12-3-8(16)17/h2*5-6H,1-4,11H2,(H,12,18)(H,13,15)(H,16,17)(H,19,20). The summed E-state index contributed by atoms with van der Waals surface area (Å²) in [5.41, 5.74) is 10.5. The summed E-state index contributed by atoms with van der Waals surface area (Å²) in [4.78, 5) is 108. The second-order valence-corrected chi connectivity index (χ2v) is 9.65. The van der Waals surface area contributed by atoms with Gasteiger partial charge in [-0.05, 0) is 12.8 Å². The van der Waals surface area contributed by atoms with E-state index in [2.05, 4.69) is 30.4 Å². The lowest BCUT2D eigenvalue weighted by Crippen LogP contribution is -2.49. The normalized spacial score (nSPS) is 12.8. The predicted molar refractivity (Wildman–Crippen MR) is 151 cm³/mol. The highest BCUT2D eigenvalue weighted by Crippen LogP contribution is 2.06. The third kappa shape index (κ3) is 22.2. The number of carboxylic acid groups (broad SMARTS) is 4. The van der Waals surface area contributed by atoms with Crippen LogP contribution in [0.15, 0.2) is 9.16 Å². The van der Waals surface area contributed by atoms with Crippen molar-refractivity contribution in [3.63, 3.8) is 0 Å². The van der Waals surface area contributed by atoms with Gasteiger partial charge in [0.05, 0.1) is 0 Å². The topological polar surface area (TPSA) is 376 Å². The van der Waals surface area contributed by atoms with Crippen LogP contribution < -0.4 is 32.7 Å². The van der Waals surface area contributed by atoms with Crippen LogP contribution in [0, 0.1) is 9.81 Å². The van der Waals surface area contributed by atoms with Crippen LogP contribution in [0.5, 0.6) is 0 Å². The number of rotatable bonds is 22. The van der Waals surface area contributed by atoms with Gasteiger partial charge in [-0.25, -0.2) is 0 Å². The summed E-state index contributed by atoms with van der Waals surface area (Å²) in [7, 11) is 0. The zero-order valence-corrected chi connectivity index (χ0v) is 24.3. The fraction of sp³-hybridized carbons (Fsp3) is 0.600. The van der Waals surface area contributed by atoms with Crippen LogP contribution in [0.25, 0.3) is 0 Å². The van der Waals surface area contributed by atoms with Gasteiger partial charge in [-0.3, -0.25) is 38.4 Å². The molecule has 248 valence electrons. The van der Waals surface area contributed by atoms with Crippen molar-refractivity contribution in [3.8, 4) is 0 Å². The summed E-state index contributed by atoms with van der Waals surface area (Å²) in [5, 5.41) is 42.7. The summed E-state index contributed by atoms with van der Waals surface area (Å²) < 4.78 is 4.96. The maximum absolute atomic E-state index is 11.7. The molecule has 4 amide bonds. The van der Waals surface area contributed by atoms with Crippen molar-refractivity contribution in [2.75, 3.05) is 24.6 Å². The van der Waals surface area contributed by atoms with Gasteiger partial charge in [0.25, 0.3) is 0 Å². The number of nitrogens with zero attached hydrogens (tertiary/aromatic N) is 2. The number of carbonyl (C=O) groups excluding carboxylic acids is 4. The predicted octanol–water partition coefficient (Wildman–Crippen LogP) is -3.44. The van der Waals surface area contributed by atoms with Crippen LogP contribution in [0.3, 0.4) is 0 Å². The summed E-state index contributed by atoms with van der Waals surface area (Å²) in [5.74, 6) is -8.34. The zero-order chi connectivity index (χ0) is 34.2. The summed E-state index contributed by atoms with van der Waals surface area (Å²) in [6.07, 6.45) is -0.752. The van der Waals surface area contributed by atoms with Crippen molar-refractivity contribution >= 4 is 71.4 Å². The molecule has 0 aliphatic heterocycles. The van der Waals surface area contributed by atoms with E-state index in [9.17, 15) is 48.2 Å².